The highest BCUT2D eigenvalue weighted by atomic mass is 14.8. The predicted octanol–water partition coefficient (Wildman–Crippen LogP) is 6.05. The van der Waals surface area contributed by atoms with Crippen LogP contribution in [0.3, 0.4) is 0 Å². The van der Waals surface area contributed by atoms with E-state index in [4.69, 9.17) is 4.98 Å². The fourth-order valence-electron chi connectivity index (χ4n) is 3.43. The van der Waals surface area contributed by atoms with Crippen LogP contribution in [0.2, 0.25) is 0 Å². The van der Waals surface area contributed by atoms with Crippen LogP contribution in [0, 0.1) is 0 Å². The summed E-state index contributed by atoms with van der Waals surface area (Å²) in [5, 5.41) is 2.36. The Labute approximate surface area is 145 Å². The number of hydrogen-bond acceptors (Lipinski definition) is 1. The monoisotopic (exact) mass is 320 g/mol. The minimum atomic E-state index is 0.995. The van der Waals surface area contributed by atoms with Gasteiger partial charge in [0.1, 0.15) is 0 Å². The first-order valence-electron chi connectivity index (χ1n) is 8.42. The summed E-state index contributed by atoms with van der Waals surface area (Å²) in [5.41, 5.74) is 6.59. The molecule has 0 unspecified atom stereocenters. The highest BCUT2D eigenvalue weighted by Gasteiger charge is 2.16. The lowest BCUT2D eigenvalue weighted by Gasteiger charge is -2.06. The summed E-state index contributed by atoms with van der Waals surface area (Å²) in [6.07, 6.45) is 0. The predicted molar refractivity (Wildman–Crippen MR) is 104 cm³/mol. The third-order valence-electron chi connectivity index (χ3n) is 4.62. The smallest absolute Gasteiger partial charge is 0.0737 e. The first kappa shape index (κ1) is 14.0. The number of aromatic amines is 1. The van der Waals surface area contributed by atoms with Gasteiger partial charge >= 0.3 is 0 Å². The Kier molecular flexibility index (Phi) is 3.14. The molecule has 1 N–H and O–H groups in total. The van der Waals surface area contributed by atoms with Crippen molar-refractivity contribution in [2.75, 3.05) is 0 Å². The summed E-state index contributed by atoms with van der Waals surface area (Å²) >= 11 is 0. The number of pyridine rings is 1. The van der Waals surface area contributed by atoms with Crippen molar-refractivity contribution in [1.29, 1.82) is 0 Å². The van der Waals surface area contributed by atoms with Crippen molar-refractivity contribution in [3.05, 3.63) is 91.0 Å². The van der Waals surface area contributed by atoms with Crippen LogP contribution in [-0.4, -0.2) is 9.97 Å². The molecule has 2 aromatic heterocycles. The first-order chi connectivity index (χ1) is 12.4. The van der Waals surface area contributed by atoms with Gasteiger partial charge in [0.05, 0.1) is 16.9 Å². The quantitative estimate of drug-likeness (QED) is 0.421. The van der Waals surface area contributed by atoms with Crippen molar-refractivity contribution in [3.63, 3.8) is 0 Å². The molecule has 0 saturated heterocycles. The molecular weight excluding hydrogens is 304 g/mol. The van der Waals surface area contributed by atoms with Crippen LogP contribution in [0.15, 0.2) is 91.0 Å². The van der Waals surface area contributed by atoms with Gasteiger partial charge in [-0.15, -0.1) is 0 Å². The topological polar surface area (TPSA) is 28.7 Å². The molecule has 2 heteroatoms. The highest BCUT2D eigenvalue weighted by molar-refractivity contribution is 6.03. The van der Waals surface area contributed by atoms with Gasteiger partial charge in [-0.3, -0.25) is 0 Å². The van der Waals surface area contributed by atoms with Gasteiger partial charge in [0.15, 0.2) is 0 Å². The Bertz CT molecular complexity index is 1190. The Hall–Kier alpha value is -3.39. The number of hydrogen-bond donors (Lipinski definition) is 1. The zero-order valence-corrected chi connectivity index (χ0v) is 13.6. The van der Waals surface area contributed by atoms with E-state index in [9.17, 15) is 0 Å². The summed E-state index contributed by atoms with van der Waals surface area (Å²) in [4.78, 5) is 8.52. The number of fused-ring (bicyclic) bond motifs is 2. The van der Waals surface area contributed by atoms with Gasteiger partial charge in [-0.25, -0.2) is 4.98 Å². The lowest BCUT2D eigenvalue weighted by atomic mass is 10.0. The maximum Gasteiger partial charge on any atom is 0.0737 e. The van der Waals surface area contributed by atoms with Gasteiger partial charge < -0.3 is 4.98 Å². The number of nitrogens with zero attached hydrogens (tertiary/aromatic N) is 1. The molecular formula is C23H16N2. The molecule has 5 aromatic rings. The van der Waals surface area contributed by atoms with E-state index in [2.05, 4.69) is 77.8 Å². The van der Waals surface area contributed by atoms with Crippen molar-refractivity contribution >= 4 is 21.8 Å². The Morgan fingerprint density at radius 2 is 1.40 bits per heavy atom. The molecule has 0 fully saturated rings. The second-order valence-electron chi connectivity index (χ2n) is 6.18. The normalized spacial score (nSPS) is 11.2. The number of aromatic nitrogens is 2. The van der Waals surface area contributed by atoms with Crippen LogP contribution in [0.4, 0.5) is 0 Å². The number of H-pyrrole nitrogens is 1. The number of nitrogens with one attached hydrogen (secondary N) is 1. The van der Waals surface area contributed by atoms with E-state index in [-0.39, 0.29) is 0 Å². The van der Waals surface area contributed by atoms with Gasteiger partial charge in [-0.2, -0.15) is 0 Å². The van der Waals surface area contributed by atoms with E-state index >= 15 is 0 Å². The van der Waals surface area contributed by atoms with E-state index in [1.807, 2.05) is 18.2 Å². The van der Waals surface area contributed by atoms with Gasteiger partial charge in [0, 0.05) is 21.9 Å². The maximum absolute atomic E-state index is 4.93. The molecule has 0 aliphatic carbocycles. The van der Waals surface area contributed by atoms with Crippen LogP contribution >= 0.6 is 0 Å². The van der Waals surface area contributed by atoms with Crippen molar-refractivity contribution in [3.8, 4) is 22.5 Å². The standard InChI is InChI=1S/C23H16N2/c1-2-9-17(10-3-1)23-22(18-11-5-7-13-20(18)25-23)21-15-14-16-8-4-6-12-19(16)24-21/h1-15,25H. The molecule has 0 saturated carbocycles. The first-order valence-corrected chi connectivity index (χ1v) is 8.42. The van der Waals surface area contributed by atoms with Crippen molar-refractivity contribution in [2.24, 2.45) is 0 Å². The molecule has 25 heavy (non-hydrogen) atoms. The average Bonchev–Trinajstić information content (AvgIpc) is 3.08. The van der Waals surface area contributed by atoms with Gasteiger partial charge in [-0.05, 0) is 23.8 Å². The summed E-state index contributed by atoms with van der Waals surface area (Å²) in [6, 6.07) is 31.4. The maximum atomic E-state index is 4.93. The zero-order chi connectivity index (χ0) is 16.6. The summed E-state index contributed by atoms with van der Waals surface area (Å²) < 4.78 is 0. The molecule has 118 valence electrons. The van der Waals surface area contributed by atoms with E-state index < -0.39 is 0 Å². The molecule has 0 spiro atoms. The Morgan fingerprint density at radius 3 is 2.32 bits per heavy atom. The molecule has 0 radical (unpaired) electrons. The Balaban J connectivity index is 1.84. The fraction of sp³-hybridized carbons (Fsp3) is 0. The van der Waals surface area contributed by atoms with E-state index in [1.165, 1.54) is 10.9 Å². The molecule has 0 atom stereocenters. The molecule has 0 aliphatic rings. The lowest BCUT2D eigenvalue weighted by molar-refractivity contribution is 1.39. The molecule has 3 aromatic carbocycles. The molecule has 2 nitrogen and oxygen atoms in total. The number of benzene rings is 3. The molecule has 5 rings (SSSR count). The van der Waals surface area contributed by atoms with Gasteiger partial charge in [0.2, 0.25) is 0 Å². The summed E-state index contributed by atoms with van der Waals surface area (Å²) in [5.74, 6) is 0. The lowest BCUT2D eigenvalue weighted by Crippen LogP contribution is -1.87. The Morgan fingerprint density at radius 1 is 0.640 bits per heavy atom. The molecule has 0 bridgehead atoms. The zero-order valence-electron chi connectivity index (χ0n) is 13.6. The van der Waals surface area contributed by atoms with Crippen LogP contribution in [0.1, 0.15) is 0 Å². The second-order valence-corrected chi connectivity index (χ2v) is 6.18. The van der Waals surface area contributed by atoms with E-state index in [0.717, 1.165) is 33.4 Å². The largest absolute Gasteiger partial charge is 0.354 e. The minimum Gasteiger partial charge on any atom is -0.354 e. The van der Waals surface area contributed by atoms with Gasteiger partial charge in [0.25, 0.3) is 0 Å². The van der Waals surface area contributed by atoms with Gasteiger partial charge in [-0.1, -0.05) is 72.8 Å². The summed E-state index contributed by atoms with van der Waals surface area (Å²) in [7, 11) is 0. The van der Waals surface area contributed by atoms with Crippen molar-refractivity contribution in [2.45, 2.75) is 0 Å². The second kappa shape index (κ2) is 5.60. The number of rotatable bonds is 2. The molecule has 0 aliphatic heterocycles. The molecule has 2 heterocycles. The number of para-hydroxylation sites is 2. The van der Waals surface area contributed by atoms with Crippen molar-refractivity contribution in [1.82, 2.24) is 9.97 Å². The van der Waals surface area contributed by atoms with E-state index in [0.29, 0.717) is 0 Å². The SMILES string of the molecule is c1ccc(-c2[nH]c3ccccc3c2-c2ccc3ccccc3n2)cc1. The van der Waals surface area contributed by atoms with E-state index in [1.54, 1.807) is 0 Å². The fourth-order valence-corrected chi connectivity index (χ4v) is 3.43. The average molecular weight is 320 g/mol. The molecule has 0 amide bonds. The highest BCUT2D eigenvalue weighted by Crippen LogP contribution is 2.37. The van der Waals surface area contributed by atoms with Crippen LogP contribution in [0.25, 0.3) is 44.3 Å². The van der Waals surface area contributed by atoms with Crippen LogP contribution < -0.4 is 0 Å². The van der Waals surface area contributed by atoms with Crippen LogP contribution in [-0.2, 0) is 0 Å². The third-order valence-corrected chi connectivity index (χ3v) is 4.62. The minimum absolute atomic E-state index is 0.995. The van der Waals surface area contributed by atoms with Crippen LogP contribution in [0.5, 0.6) is 0 Å². The van der Waals surface area contributed by atoms with Crippen molar-refractivity contribution < 1.29 is 0 Å². The summed E-state index contributed by atoms with van der Waals surface area (Å²) in [6.45, 7) is 0. The third kappa shape index (κ3) is 2.31.